The van der Waals surface area contributed by atoms with Crippen molar-refractivity contribution in [3.63, 3.8) is 0 Å². The fourth-order valence-electron chi connectivity index (χ4n) is 3.34. The van der Waals surface area contributed by atoms with E-state index < -0.39 is 25.2 Å². The zero-order valence-corrected chi connectivity index (χ0v) is 16.3. The third-order valence-corrected chi connectivity index (χ3v) is 4.82. The Kier molecular flexibility index (Phi) is 5.65. The Morgan fingerprint density at radius 1 is 1.19 bits per heavy atom. The van der Waals surface area contributed by atoms with Crippen molar-refractivity contribution in [3.05, 3.63) is 54.0 Å². The number of nitrogens with zero attached hydrogens (tertiary/aromatic N) is 3. The molecule has 0 spiro atoms. The predicted octanol–water partition coefficient (Wildman–Crippen LogP) is 2.99. The van der Waals surface area contributed by atoms with Crippen molar-refractivity contribution >= 4 is 37.0 Å². The Labute approximate surface area is 176 Å². The summed E-state index contributed by atoms with van der Waals surface area (Å²) in [5.74, 6) is -1.80. The number of hydroxylamine groups is 2. The fraction of sp³-hybridized carbons (Fsp3) is 0.200. The Hall–Kier alpha value is -3.76. The second-order valence-electron chi connectivity index (χ2n) is 6.93. The Balaban J connectivity index is 1.42. The third-order valence-electron chi connectivity index (χ3n) is 4.82. The van der Waals surface area contributed by atoms with Crippen molar-refractivity contribution in [2.45, 2.75) is 25.7 Å². The molecule has 0 aliphatic carbocycles. The van der Waals surface area contributed by atoms with Crippen LogP contribution in [0.3, 0.4) is 0 Å². The van der Waals surface area contributed by atoms with Gasteiger partial charge in [-0.2, -0.15) is 0 Å². The normalized spacial score (nSPS) is 17.0. The molecule has 11 heteroatoms. The molecule has 0 saturated carbocycles. The van der Waals surface area contributed by atoms with Gasteiger partial charge in [-0.1, -0.05) is 0 Å². The van der Waals surface area contributed by atoms with Crippen LogP contribution < -0.4 is 0 Å². The molecule has 8 nitrogen and oxygen atoms in total. The van der Waals surface area contributed by atoms with Crippen LogP contribution in [0.1, 0.15) is 31.4 Å². The molecular formula is C20H17BF2N4O4. The van der Waals surface area contributed by atoms with E-state index in [1.54, 1.807) is 42.6 Å². The van der Waals surface area contributed by atoms with Crippen LogP contribution in [0.15, 0.2) is 53.3 Å². The number of aromatic amines is 1. The lowest BCUT2D eigenvalue weighted by Gasteiger charge is -2.12. The summed E-state index contributed by atoms with van der Waals surface area (Å²) in [5.41, 5.74) is 2.24. The van der Waals surface area contributed by atoms with E-state index in [1.807, 2.05) is 0 Å². The van der Waals surface area contributed by atoms with Crippen LogP contribution in [0.4, 0.5) is 8.63 Å². The molecule has 1 saturated heterocycles. The van der Waals surface area contributed by atoms with Crippen molar-refractivity contribution in [1.29, 1.82) is 0 Å². The number of imide groups is 1. The lowest BCUT2D eigenvalue weighted by molar-refractivity contribution is -0.197. The molecule has 0 bridgehead atoms. The average molecular weight is 426 g/mol. The van der Waals surface area contributed by atoms with Gasteiger partial charge in [0.1, 0.15) is 0 Å². The van der Waals surface area contributed by atoms with E-state index in [0.29, 0.717) is 27.9 Å². The first-order chi connectivity index (χ1) is 14.9. The SMILES string of the molecule is O=C(CCC1=N/C(=C\c2ccc(-c3ccc[nH]3)n2B(F)F)C=C1)ON1C(=O)CCC1=O. The molecule has 0 radical (unpaired) electrons. The minimum atomic E-state index is -2.74. The predicted molar refractivity (Wildman–Crippen MR) is 109 cm³/mol. The van der Waals surface area contributed by atoms with E-state index in [1.165, 1.54) is 6.08 Å². The summed E-state index contributed by atoms with van der Waals surface area (Å²) in [6, 6.07) is 6.62. The summed E-state index contributed by atoms with van der Waals surface area (Å²) in [6.07, 6.45) is 6.71. The van der Waals surface area contributed by atoms with Gasteiger partial charge < -0.3 is 14.3 Å². The first-order valence-electron chi connectivity index (χ1n) is 9.59. The number of hydrogen-bond donors (Lipinski definition) is 1. The van der Waals surface area contributed by atoms with E-state index in [4.69, 9.17) is 4.84 Å². The maximum Gasteiger partial charge on any atom is 0.678 e. The summed E-state index contributed by atoms with van der Waals surface area (Å²) in [4.78, 5) is 46.9. The number of amides is 2. The molecule has 2 aliphatic rings. The molecule has 2 aliphatic heterocycles. The highest BCUT2D eigenvalue weighted by Gasteiger charge is 2.32. The van der Waals surface area contributed by atoms with Gasteiger partial charge in [0.05, 0.1) is 23.5 Å². The number of hydrogen-bond acceptors (Lipinski definition) is 5. The molecule has 1 N–H and O–H groups in total. The van der Waals surface area contributed by atoms with Gasteiger partial charge in [-0.15, -0.1) is 5.06 Å². The van der Waals surface area contributed by atoms with Gasteiger partial charge in [0, 0.05) is 36.9 Å². The first-order valence-corrected chi connectivity index (χ1v) is 9.59. The Bertz CT molecular complexity index is 1100. The van der Waals surface area contributed by atoms with Gasteiger partial charge in [0.15, 0.2) is 0 Å². The minimum absolute atomic E-state index is 0.0294. The van der Waals surface area contributed by atoms with Crippen molar-refractivity contribution in [1.82, 2.24) is 14.5 Å². The van der Waals surface area contributed by atoms with E-state index in [9.17, 15) is 23.0 Å². The quantitative estimate of drug-likeness (QED) is 0.544. The van der Waals surface area contributed by atoms with Gasteiger partial charge >= 0.3 is 13.4 Å². The largest absolute Gasteiger partial charge is 0.678 e. The van der Waals surface area contributed by atoms with Crippen LogP contribution in [0.2, 0.25) is 0 Å². The lowest BCUT2D eigenvalue weighted by atomic mass is 10.1. The summed E-state index contributed by atoms with van der Waals surface area (Å²) in [7, 11) is -2.74. The van der Waals surface area contributed by atoms with Gasteiger partial charge in [-0.3, -0.25) is 23.2 Å². The molecule has 2 aromatic rings. The zero-order valence-electron chi connectivity index (χ0n) is 16.3. The fourth-order valence-corrected chi connectivity index (χ4v) is 3.34. The van der Waals surface area contributed by atoms with Gasteiger partial charge in [-0.25, -0.2) is 4.79 Å². The van der Waals surface area contributed by atoms with Gasteiger partial charge in [0.25, 0.3) is 11.8 Å². The number of rotatable bonds is 7. The highest BCUT2D eigenvalue weighted by atomic mass is 19.2. The number of aromatic nitrogens is 2. The summed E-state index contributed by atoms with van der Waals surface area (Å²) < 4.78 is 28.2. The maximum atomic E-state index is 13.7. The van der Waals surface area contributed by atoms with Crippen molar-refractivity contribution < 1.29 is 27.9 Å². The molecule has 2 amide bonds. The molecule has 4 rings (SSSR count). The van der Waals surface area contributed by atoms with Crippen LogP contribution >= 0.6 is 0 Å². The molecule has 4 heterocycles. The highest BCUT2D eigenvalue weighted by Crippen LogP contribution is 2.25. The Morgan fingerprint density at radius 3 is 2.65 bits per heavy atom. The van der Waals surface area contributed by atoms with Crippen LogP contribution in [0.5, 0.6) is 0 Å². The molecule has 2 aromatic heterocycles. The number of carbonyl (C=O) groups excluding carboxylic acids is 3. The van der Waals surface area contributed by atoms with E-state index in [0.717, 1.165) is 4.48 Å². The van der Waals surface area contributed by atoms with Crippen molar-refractivity contribution in [2.75, 3.05) is 0 Å². The van der Waals surface area contributed by atoms with Crippen LogP contribution in [-0.4, -0.2) is 45.4 Å². The topological polar surface area (TPSA) is 96.8 Å². The minimum Gasteiger partial charge on any atom is -0.360 e. The third kappa shape index (κ3) is 4.40. The number of nitrogens with one attached hydrogen (secondary N) is 1. The molecule has 0 unspecified atom stereocenters. The molecular weight excluding hydrogens is 409 g/mol. The molecule has 1 fully saturated rings. The van der Waals surface area contributed by atoms with Crippen molar-refractivity contribution in [3.8, 4) is 11.4 Å². The van der Waals surface area contributed by atoms with Crippen LogP contribution in [0, 0.1) is 0 Å². The summed E-state index contributed by atoms with van der Waals surface area (Å²) in [6.45, 7) is 0. The zero-order chi connectivity index (χ0) is 22.0. The maximum absolute atomic E-state index is 13.7. The van der Waals surface area contributed by atoms with Gasteiger partial charge in [-0.05, 0) is 42.5 Å². The number of aliphatic imine (C=N–C) groups is 1. The summed E-state index contributed by atoms with van der Waals surface area (Å²) >= 11 is 0. The van der Waals surface area contributed by atoms with E-state index >= 15 is 0 Å². The second-order valence-corrected chi connectivity index (χ2v) is 6.93. The average Bonchev–Trinajstić information content (AvgIpc) is 3.51. The first kappa shape index (κ1) is 20.5. The highest BCUT2D eigenvalue weighted by molar-refractivity contribution is 6.42. The molecule has 0 atom stereocenters. The van der Waals surface area contributed by atoms with E-state index in [-0.39, 0.29) is 31.4 Å². The van der Waals surface area contributed by atoms with E-state index in [2.05, 4.69) is 9.98 Å². The Morgan fingerprint density at radius 2 is 1.97 bits per heavy atom. The second kappa shape index (κ2) is 8.54. The van der Waals surface area contributed by atoms with Crippen LogP contribution in [0.25, 0.3) is 17.5 Å². The van der Waals surface area contributed by atoms with Crippen LogP contribution in [-0.2, 0) is 19.2 Å². The standard InChI is InChI=1S/C20H17BF2N4O4/c22-21(23)26-15(6-7-17(26)16-2-1-11-24-16)12-14-4-3-13(25-14)5-10-20(30)31-27-18(28)8-9-19(27)29/h1-4,6-7,11-12,24H,5,8-10H2/b14-12-. The smallest absolute Gasteiger partial charge is 0.360 e. The molecule has 0 aromatic carbocycles. The molecule has 158 valence electrons. The number of allylic oxidation sites excluding steroid dienone is 2. The number of halogens is 2. The molecule has 31 heavy (non-hydrogen) atoms. The summed E-state index contributed by atoms with van der Waals surface area (Å²) in [5, 5.41) is 0.500. The van der Waals surface area contributed by atoms with Gasteiger partial charge in [0.2, 0.25) is 0 Å². The number of carbonyl (C=O) groups is 3. The monoisotopic (exact) mass is 426 g/mol. The lowest BCUT2D eigenvalue weighted by Crippen LogP contribution is -2.32. The van der Waals surface area contributed by atoms with Crippen molar-refractivity contribution in [2.24, 2.45) is 4.99 Å². The number of H-pyrrole nitrogens is 1.